The van der Waals surface area contributed by atoms with Crippen LogP contribution in [0.3, 0.4) is 0 Å². The number of benzene rings is 2. The zero-order valence-corrected chi connectivity index (χ0v) is 13.3. The molecule has 0 bridgehead atoms. The van der Waals surface area contributed by atoms with Gasteiger partial charge in [-0.3, -0.25) is 15.1 Å². The van der Waals surface area contributed by atoms with Gasteiger partial charge in [-0.2, -0.15) is 0 Å². The molecule has 0 amide bonds. The highest BCUT2D eigenvalue weighted by molar-refractivity contribution is 6.12. The molecule has 25 heavy (non-hydrogen) atoms. The van der Waals surface area contributed by atoms with Crippen LogP contribution in [-0.4, -0.2) is 40.5 Å². The van der Waals surface area contributed by atoms with Crippen LogP contribution in [0, 0.1) is 10.1 Å². The number of non-ortho nitro benzene ring substituents is 1. The number of aliphatic hydroxyl groups is 1. The predicted molar refractivity (Wildman–Crippen MR) is 95.1 cm³/mol. The largest absolute Gasteiger partial charge is 0.490 e. The van der Waals surface area contributed by atoms with Gasteiger partial charge >= 0.3 is 0 Å². The number of allylic oxidation sites excluding steroid dienone is 1. The monoisotopic (exact) mass is 342 g/mol. The first-order chi connectivity index (χ1) is 11.6. The fourth-order valence-corrected chi connectivity index (χ4v) is 2.36. The molecule has 7 heteroatoms. The maximum absolute atomic E-state index is 10.7. The fraction of sp³-hybridized carbons (Fsp3) is 0.167. The van der Waals surface area contributed by atoms with E-state index >= 15 is 0 Å². The molecule has 0 fully saturated rings. The highest BCUT2D eigenvalue weighted by Gasteiger charge is 2.14. The van der Waals surface area contributed by atoms with Crippen LogP contribution >= 0.6 is 0 Å². The molecule has 0 saturated heterocycles. The van der Waals surface area contributed by atoms with Crippen LogP contribution in [0.5, 0.6) is 5.75 Å². The van der Waals surface area contributed by atoms with Gasteiger partial charge in [0.05, 0.1) is 17.2 Å². The first-order valence-corrected chi connectivity index (χ1v) is 7.51. The Kier molecular flexibility index (Phi) is 5.99. The average Bonchev–Trinajstić information content (AvgIpc) is 2.59. The summed E-state index contributed by atoms with van der Waals surface area (Å²) < 4.78 is 5.63. The molecule has 0 aliphatic carbocycles. The summed E-state index contributed by atoms with van der Waals surface area (Å²) in [4.78, 5) is 14.7. The number of ether oxygens (including phenoxy) is 1. The number of nitrogens with zero attached hydrogens (tertiary/aromatic N) is 2. The lowest BCUT2D eigenvalue weighted by molar-refractivity contribution is -0.384. The molecule has 0 radical (unpaired) electrons. The number of para-hydroxylation sites is 1. The van der Waals surface area contributed by atoms with E-state index in [1.165, 1.54) is 12.1 Å². The average molecular weight is 342 g/mol. The molecule has 1 aliphatic heterocycles. The molecular weight excluding hydrogens is 324 g/mol. The highest BCUT2D eigenvalue weighted by atomic mass is 16.6. The van der Waals surface area contributed by atoms with Gasteiger partial charge in [0, 0.05) is 17.7 Å². The Labute approximate surface area is 144 Å². The van der Waals surface area contributed by atoms with E-state index in [0.29, 0.717) is 11.5 Å². The van der Waals surface area contributed by atoms with Crippen molar-refractivity contribution in [1.29, 1.82) is 0 Å². The second-order valence-corrected chi connectivity index (χ2v) is 5.37. The number of hydrogen-bond donors (Lipinski definition) is 1. The van der Waals surface area contributed by atoms with Crippen LogP contribution in [0.2, 0.25) is 0 Å². The number of aliphatic hydroxyl groups excluding tert-OH is 1. The maximum Gasteiger partial charge on any atom is 0.269 e. The molecule has 0 aromatic heterocycles. The minimum atomic E-state index is -0.652. The standard InChI is InChI=1S/C18H16N2O4.H2O/c21-15-11-19-17(16-3-1-2-4-18(16)24-12-15)10-7-13-5-8-14(9-6-13)20(22)23;/h1-10,15,21H,11-12H2;1H2/b10-7+,19-17?;. The van der Waals surface area contributed by atoms with Crippen LogP contribution in [0.15, 0.2) is 59.6 Å². The third-order valence-electron chi connectivity index (χ3n) is 3.60. The zero-order chi connectivity index (χ0) is 16.9. The topological polar surface area (TPSA) is 116 Å². The molecule has 1 heterocycles. The molecule has 3 N–H and O–H groups in total. The lowest BCUT2D eigenvalue weighted by atomic mass is 10.1. The Morgan fingerprint density at radius 2 is 1.88 bits per heavy atom. The van der Waals surface area contributed by atoms with E-state index in [-0.39, 0.29) is 24.3 Å². The first-order valence-electron chi connectivity index (χ1n) is 7.51. The number of nitro groups is 1. The van der Waals surface area contributed by atoms with Gasteiger partial charge in [-0.05, 0) is 35.9 Å². The first kappa shape index (κ1) is 18.3. The van der Waals surface area contributed by atoms with Crippen molar-refractivity contribution < 1.29 is 20.2 Å². The second-order valence-electron chi connectivity index (χ2n) is 5.37. The predicted octanol–water partition coefficient (Wildman–Crippen LogP) is 2.03. The van der Waals surface area contributed by atoms with Crippen molar-refractivity contribution in [2.24, 2.45) is 4.99 Å². The lowest BCUT2D eigenvalue weighted by Gasteiger charge is -2.17. The van der Waals surface area contributed by atoms with Crippen molar-refractivity contribution in [3.8, 4) is 5.75 Å². The molecule has 1 aliphatic rings. The van der Waals surface area contributed by atoms with E-state index in [1.54, 1.807) is 12.1 Å². The quantitative estimate of drug-likeness (QED) is 0.678. The zero-order valence-electron chi connectivity index (χ0n) is 13.3. The third-order valence-corrected chi connectivity index (χ3v) is 3.60. The van der Waals surface area contributed by atoms with Gasteiger partial charge in [0.1, 0.15) is 18.5 Å². The molecular formula is C18H18N2O5. The van der Waals surface area contributed by atoms with Crippen LogP contribution in [-0.2, 0) is 0 Å². The summed E-state index contributed by atoms with van der Waals surface area (Å²) in [6, 6.07) is 13.8. The lowest BCUT2D eigenvalue weighted by Crippen LogP contribution is -2.24. The molecule has 1 unspecified atom stereocenters. The number of hydrogen-bond acceptors (Lipinski definition) is 5. The van der Waals surface area contributed by atoms with E-state index < -0.39 is 11.0 Å². The van der Waals surface area contributed by atoms with Crippen molar-refractivity contribution in [3.05, 3.63) is 75.8 Å². The van der Waals surface area contributed by atoms with Crippen molar-refractivity contribution in [2.45, 2.75) is 6.10 Å². The molecule has 0 saturated carbocycles. The Morgan fingerprint density at radius 3 is 2.60 bits per heavy atom. The molecule has 2 aromatic rings. The van der Waals surface area contributed by atoms with Gasteiger partial charge in [0.15, 0.2) is 0 Å². The number of aliphatic imine (C=N–C) groups is 1. The number of rotatable bonds is 3. The van der Waals surface area contributed by atoms with Gasteiger partial charge in [0.2, 0.25) is 0 Å². The summed E-state index contributed by atoms with van der Waals surface area (Å²) in [5.74, 6) is 0.670. The van der Waals surface area contributed by atoms with Gasteiger partial charge in [-0.1, -0.05) is 18.2 Å². The normalized spacial score (nSPS) is 16.7. The minimum Gasteiger partial charge on any atom is -0.490 e. The minimum absolute atomic E-state index is 0. The van der Waals surface area contributed by atoms with Crippen LogP contribution in [0.1, 0.15) is 11.1 Å². The van der Waals surface area contributed by atoms with Crippen LogP contribution in [0.25, 0.3) is 6.08 Å². The van der Waals surface area contributed by atoms with Crippen molar-refractivity contribution >= 4 is 17.5 Å². The number of nitro benzene ring substituents is 1. The Morgan fingerprint density at radius 1 is 1.16 bits per heavy atom. The summed E-state index contributed by atoms with van der Waals surface area (Å²) in [6.45, 7) is 0.466. The smallest absolute Gasteiger partial charge is 0.269 e. The van der Waals surface area contributed by atoms with Crippen molar-refractivity contribution in [1.82, 2.24) is 0 Å². The molecule has 0 spiro atoms. The molecule has 7 nitrogen and oxygen atoms in total. The summed E-state index contributed by atoms with van der Waals surface area (Å²) >= 11 is 0. The summed E-state index contributed by atoms with van der Waals surface area (Å²) in [7, 11) is 0. The van der Waals surface area contributed by atoms with Gasteiger partial charge in [-0.25, -0.2) is 0 Å². The van der Waals surface area contributed by atoms with E-state index in [2.05, 4.69) is 4.99 Å². The number of fused-ring (bicyclic) bond motifs is 1. The molecule has 1 atom stereocenters. The summed E-state index contributed by atoms with van der Waals surface area (Å²) in [5, 5.41) is 20.5. The summed E-state index contributed by atoms with van der Waals surface area (Å²) in [5.41, 5.74) is 2.42. The summed E-state index contributed by atoms with van der Waals surface area (Å²) in [6.07, 6.45) is 3.00. The Hall–Kier alpha value is -3.03. The Balaban J connectivity index is 0.00000225. The van der Waals surface area contributed by atoms with Crippen LogP contribution < -0.4 is 4.74 Å². The fourth-order valence-electron chi connectivity index (χ4n) is 2.36. The molecule has 130 valence electrons. The van der Waals surface area contributed by atoms with Crippen molar-refractivity contribution in [2.75, 3.05) is 13.2 Å². The SMILES string of the molecule is O.O=[N+]([O-])c1ccc(/C=C/C2=NCC(O)COc3ccccc32)cc1. The van der Waals surface area contributed by atoms with Gasteiger partial charge < -0.3 is 15.3 Å². The van der Waals surface area contributed by atoms with Gasteiger partial charge in [-0.15, -0.1) is 0 Å². The van der Waals surface area contributed by atoms with E-state index in [1.807, 2.05) is 36.4 Å². The second kappa shape index (κ2) is 8.18. The van der Waals surface area contributed by atoms with Crippen LogP contribution in [0.4, 0.5) is 5.69 Å². The van der Waals surface area contributed by atoms with Gasteiger partial charge in [0.25, 0.3) is 5.69 Å². The maximum atomic E-state index is 10.7. The molecule has 3 rings (SSSR count). The van der Waals surface area contributed by atoms with E-state index in [4.69, 9.17) is 4.74 Å². The Bertz CT molecular complexity index is 799. The highest BCUT2D eigenvalue weighted by Crippen LogP contribution is 2.22. The van der Waals surface area contributed by atoms with E-state index in [9.17, 15) is 15.2 Å². The van der Waals surface area contributed by atoms with Crippen molar-refractivity contribution in [3.63, 3.8) is 0 Å². The molecule has 2 aromatic carbocycles. The van der Waals surface area contributed by atoms with E-state index in [0.717, 1.165) is 11.1 Å². The third kappa shape index (κ3) is 4.50.